The molecule has 8 heteroatoms. The Hall–Kier alpha value is -2.29. The van der Waals surface area contributed by atoms with E-state index in [0.29, 0.717) is 24.3 Å². The number of nitrogens with zero attached hydrogens (tertiary/aromatic N) is 1. The Bertz CT molecular complexity index is 899. The number of sulfonamides is 1. The lowest BCUT2D eigenvalue weighted by molar-refractivity contribution is 0.102. The Labute approximate surface area is 158 Å². The van der Waals surface area contributed by atoms with Crippen molar-refractivity contribution < 1.29 is 17.6 Å². The molecule has 0 aliphatic carbocycles. The molecule has 1 heterocycles. The lowest BCUT2D eigenvalue weighted by Gasteiger charge is -2.31. The molecule has 1 unspecified atom stereocenters. The molecule has 0 saturated carbocycles. The van der Waals surface area contributed by atoms with Gasteiger partial charge in [0.15, 0.2) is 0 Å². The SMILES string of the molecule is CNC1CCCN(S(=O)(=O)c2ccc(NC(=O)c3ccc(F)cc3)cc2)C1. The summed E-state index contributed by atoms with van der Waals surface area (Å²) in [6.07, 6.45) is 1.77. The summed E-state index contributed by atoms with van der Waals surface area (Å²) in [4.78, 5) is 12.4. The Balaban J connectivity index is 1.71. The van der Waals surface area contributed by atoms with Gasteiger partial charge in [-0.25, -0.2) is 12.8 Å². The zero-order chi connectivity index (χ0) is 19.4. The largest absolute Gasteiger partial charge is 0.322 e. The number of halogens is 1. The van der Waals surface area contributed by atoms with E-state index in [1.54, 1.807) is 12.1 Å². The van der Waals surface area contributed by atoms with Crippen molar-refractivity contribution in [2.45, 2.75) is 23.8 Å². The van der Waals surface area contributed by atoms with Gasteiger partial charge in [-0.2, -0.15) is 4.31 Å². The molecule has 1 atom stereocenters. The van der Waals surface area contributed by atoms with Gasteiger partial charge in [-0.05, 0) is 68.4 Å². The van der Waals surface area contributed by atoms with Crippen molar-refractivity contribution in [3.63, 3.8) is 0 Å². The van der Waals surface area contributed by atoms with E-state index in [9.17, 15) is 17.6 Å². The van der Waals surface area contributed by atoms with Crippen LogP contribution in [0.4, 0.5) is 10.1 Å². The number of hydrogen-bond acceptors (Lipinski definition) is 4. The van der Waals surface area contributed by atoms with Crippen molar-refractivity contribution in [3.8, 4) is 0 Å². The van der Waals surface area contributed by atoms with Gasteiger partial charge in [-0.15, -0.1) is 0 Å². The average Bonchev–Trinajstić information content (AvgIpc) is 2.69. The number of carbonyl (C=O) groups excluding carboxylic acids is 1. The van der Waals surface area contributed by atoms with E-state index >= 15 is 0 Å². The quantitative estimate of drug-likeness (QED) is 0.821. The maximum absolute atomic E-state index is 12.9. The van der Waals surface area contributed by atoms with Gasteiger partial charge in [0.25, 0.3) is 5.91 Å². The molecule has 144 valence electrons. The topological polar surface area (TPSA) is 78.5 Å². The van der Waals surface area contributed by atoms with Crippen molar-refractivity contribution in [1.82, 2.24) is 9.62 Å². The highest BCUT2D eigenvalue weighted by atomic mass is 32.2. The number of hydrogen-bond donors (Lipinski definition) is 2. The summed E-state index contributed by atoms with van der Waals surface area (Å²) in [5.74, 6) is -0.808. The second kappa shape index (κ2) is 8.16. The Kier molecular flexibility index (Phi) is 5.88. The van der Waals surface area contributed by atoms with E-state index in [1.807, 2.05) is 7.05 Å². The summed E-state index contributed by atoms with van der Waals surface area (Å²) >= 11 is 0. The smallest absolute Gasteiger partial charge is 0.255 e. The number of carbonyl (C=O) groups is 1. The standard InChI is InChI=1S/C19H22FN3O3S/c1-21-17-3-2-12-23(13-17)27(25,26)18-10-8-16(9-11-18)22-19(24)14-4-6-15(20)7-5-14/h4-11,17,21H,2-3,12-13H2,1H3,(H,22,24). The normalized spacial score (nSPS) is 18.2. The van der Waals surface area contributed by atoms with Crippen LogP contribution in [0.15, 0.2) is 53.4 Å². The first-order valence-corrected chi connectivity index (χ1v) is 10.2. The molecule has 3 rings (SSSR count). The van der Waals surface area contributed by atoms with Crippen LogP contribution in [0.25, 0.3) is 0 Å². The van der Waals surface area contributed by atoms with Gasteiger partial charge in [0.2, 0.25) is 10.0 Å². The molecule has 2 aromatic carbocycles. The Morgan fingerprint density at radius 2 is 1.78 bits per heavy atom. The van der Waals surface area contributed by atoms with Crippen LogP contribution in [0.3, 0.4) is 0 Å². The van der Waals surface area contributed by atoms with Gasteiger partial charge in [-0.1, -0.05) is 0 Å². The molecule has 1 aliphatic heterocycles. The highest BCUT2D eigenvalue weighted by Crippen LogP contribution is 2.22. The van der Waals surface area contributed by atoms with Crippen LogP contribution in [0.1, 0.15) is 23.2 Å². The number of benzene rings is 2. The Morgan fingerprint density at radius 3 is 2.41 bits per heavy atom. The van der Waals surface area contributed by atoms with Gasteiger partial charge < -0.3 is 10.6 Å². The minimum atomic E-state index is -3.57. The summed E-state index contributed by atoms with van der Waals surface area (Å²) in [6.45, 7) is 0.950. The van der Waals surface area contributed by atoms with E-state index in [2.05, 4.69) is 10.6 Å². The molecule has 0 bridgehead atoms. The molecule has 6 nitrogen and oxygen atoms in total. The molecule has 0 spiro atoms. The Morgan fingerprint density at radius 1 is 1.11 bits per heavy atom. The number of nitrogens with one attached hydrogen (secondary N) is 2. The zero-order valence-corrected chi connectivity index (χ0v) is 15.8. The van der Waals surface area contributed by atoms with Gasteiger partial charge >= 0.3 is 0 Å². The molecule has 27 heavy (non-hydrogen) atoms. The van der Waals surface area contributed by atoms with E-state index in [-0.39, 0.29) is 10.9 Å². The fourth-order valence-electron chi connectivity index (χ4n) is 3.06. The molecule has 1 aliphatic rings. The van der Waals surface area contributed by atoms with Crippen LogP contribution in [-0.2, 0) is 10.0 Å². The lowest BCUT2D eigenvalue weighted by atomic mass is 10.1. The maximum atomic E-state index is 12.9. The summed E-state index contributed by atoms with van der Waals surface area (Å²) in [6, 6.07) is 11.4. The first kappa shape index (κ1) is 19.5. The van der Waals surface area contributed by atoms with E-state index in [1.165, 1.54) is 40.7 Å². The minimum absolute atomic E-state index is 0.155. The van der Waals surface area contributed by atoms with Crippen LogP contribution in [-0.4, -0.2) is 44.8 Å². The molecule has 1 saturated heterocycles. The van der Waals surface area contributed by atoms with Crippen LogP contribution < -0.4 is 10.6 Å². The maximum Gasteiger partial charge on any atom is 0.255 e. The lowest BCUT2D eigenvalue weighted by Crippen LogP contribution is -2.46. The highest BCUT2D eigenvalue weighted by molar-refractivity contribution is 7.89. The highest BCUT2D eigenvalue weighted by Gasteiger charge is 2.29. The van der Waals surface area contributed by atoms with E-state index in [4.69, 9.17) is 0 Å². The second-order valence-corrected chi connectivity index (χ2v) is 8.41. The van der Waals surface area contributed by atoms with Crippen LogP contribution in [0.5, 0.6) is 0 Å². The number of rotatable bonds is 5. The zero-order valence-electron chi connectivity index (χ0n) is 15.0. The van der Waals surface area contributed by atoms with Gasteiger partial charge in [0.05, 0.1) is 4.90 Å². The van der Waals surface area contributed by atoms with Crippen molar-refractivity contribution in [1.29, 1.82) is 0 Å². The first-order chi connectivity index (χ1) is 12.9. The third-order valence-electron chi connectivity index (χ3n) is 4.65. The fourth-order valence-corrected chi connectivity index (χ4v) is 4.58. The molecule has 1 amide bonds. The summed E-state index contributed by atoms with van der Waals surface area (Å²) in [5.41, 5.74) is 0.787. The van der Waals surface area contributed by atoms with Crippen LogP contribution in [0, 0.1) is 5.82 Å². The minimum Gasteiger partial charge on any atom is -0.322 e. The number of anilines is 1. The summed E-state index contributed by atoms with van der Waals surface area (Å²) in [5, 5.41) is 5.80. The molecule has 0 aromatic heterocycles. The third-order valence-corrected chi connectivity index (χ3v) is 6.53. The predicted molar refractivity (Wildman–Crippen MR) is 102 cm³/mol. The molecule has 2 aromatic rings. The number of amides is 1. The predicted octanol–water partition coefficient (Wildman–Crippen LogP) is 2.45. The molecule has 0 radical (unpaired) electrons. The fraction of sp³-hybridized carbons (Fsp3) is 0.316. The molecular weight excluding hydrogens is 369 g/mol. The summed E-state index contributed by atoms with van der Waals surface area (Å²) in [7, 11) is -1.74. The summed E-state index contributed by atoms with van der Waals surface area (Å²) < 4.78 is 40.0. The monoisotopic (exact) mass is 391 g/mol. The van der Waals surface area contributed by atoms with Crippen molar-refractivity contribution in [2.75, 3.05) is 25.5 Å². The van der Waals surface area contributed by atoms with Crippen molar-refractivity contribution >= 4 is 21.6 Å². The van der Waals surface area contributed by atoms with Gasteiger partial charge in [-0.3, -0.25) is 4.79 Å². The van der Waals surface area contributed by atoms with Crippen molar-refractivity contribution in [2.24, 2.45) is 0 Å². The average molecular weight is 391 g/mol. The van der Waals surface area contributed by atoms with Crippen LogP contribution >= 0.6 is 0 Å². The first-order valence-electron chi connectivity index (χ1n) is 8.74. The molecule has 1 fully saturated rings. The third kappa shape index (κ3) is 4.52. The van der Waals surface area contributed by atoms with E-state index in [0.717, 1.165) is 12.8 Å². The van der Waals surface area contributed by atoms with Gasteiger partial charge in [0, 0.05) is 30.4 Å². The van der Waals surface area contributed by atoms with E-state index < -0.39 is 21.7 Å². The molecular formula is C19H22FN3O3S. The van der Waals surface area contributed by atoms with Gasteiger partial charge in [0.1, 0.15) is 5.82 Å². The number of likely N-dealkylation sites (N-methyl/N-ethyl adjacent to an activating group) is 1. The number of piperidine rings is 1. The van der Waals surface area contributed by atoms with Crippen LogP contribution in [0.2, 0.25) is 0 Å². The second-order valence-electron chi connectivity index (χ2n) is 6.48. The molecule has 2 N–H and O–H groups in total. The van der Waals surface area contributed by atoms with Crippen molar-refractivity contribution in [3.05, 3.63) is 59.9 Å².